The van der Waals surface area contributed by atoms with E-state index >= 15 is 0 Å². The molecule has 11 heavy (non-hydrogen) atoms. The Hall–Kier alpha value is 0.340. The molecule has 0 aliphatic heterocycles. The van der Waals surface area contributed by atoms with Crippen molar-refractivity contribution in [2.24, 2.45) is 0 Å². The molecular weight excluding hydrogens is 244 g/mol. The lowest BCUT2D eigenvalue weighted by Crippen LogP contribution is -1.80. The fourth-order valence-corrected chi connectivity index (χ4v) is 2.50. The third-order valence-corrected chi connectivity index (χ3v) is 3.39. The smallest absolute Gasteiger partial charge is 0.0428 e. The average Bonchev–Trinajstić information content (AvgIpc) is 1.96. The molecule has 0 spiro atoms. The SMILES string of the molecule is CSc1cc(Cl)cc(Br)c1C. The Balaban J connectivity index is 3.24. The molecule has 1 aromatic carbocycles. The number of hydrogen-bond donors (Lipinski definition) is 0. The van der Waals surface area contributed by atoms with Gasteiger partial charge in [-0.3, -0.25) is 0 Å². The highest BCUT2D eigenvalue weighted by molar-refractivity contribution is 9.10. The van der Waals surface area contributed by atoms with Crippen molar-refractivity contribution < 1.29 is 0 Å². The maximum Gasteiger partial charge on any atom is 0.0428 e. The Bertz CT molecular complexity index is 273. The van der Waals surface area contributed by atoms with E-state index in [1.807, 2.05) is 18.4 Å². The lowest BCUT2D eigenvalue weighted by atomic mass is 10.2. The minimum absolute atomic E-state index is 0.784. The molecule has 1 rings (SSSR count). The van der Waals surface area contributed by atoms with E-state index in [-0.39, 0.29) is 0 Å². The van der Waals surface area contributed by atoms with Crippen LogP contribution in [0.5, 0.6) is 0 Å². The molecule has 0 saturated heterocycles. The van der Waals surface area contributed by atoms with Crippen molar-refractivity contribution in [2.75, 3.05) is 6.26 Å². The Kier molecular flexibility index (Phi) is 3.29. The lowest BCUT2D eigenvalue weighted by molar-refractivity contribution is 1.28. The van der Waals surface area contributed by atoms with Gasteiger partial charge in [0.05, 0.1) is 0 Å². The van der Waals surface area contributed by atoms with Crippen LogP contribution < -0.4 is 0 Å². The van der Waals surface area contributed by atoms with Crippen LogP contribution in [0.15, 0.2) is 21.5 Å². The minimum Gasteiger partial charge on any atom is -0.129 e. The molecule has 3 heteroatoms. The summed E-state index contributed by atoms with van der Waals surface area (Å²) >= 11 is 11.0. The van der Waals surface area contributed by atoms with Crippen molar-refractivity contribution in [1.82, 2.24) is 0 Å². The summed E-state index contributed by atoms with van der Waals surface area (Å²) in [6, 6.07) is 3.89. The summed E-state index contributed by atoms with van der Waals surface area (Å²) in [4.78, 5) is 1.23. The van der Waals surface area contributed by atoms with Gasteiger partial charge in [-0.25, -0.2) is 0 Å². The van der Waals surface area contributed by atoms with Gasteiger partial charge in [-0.1, -0.05) is 27.5 Å². The van der Waals surface area contributed by atoms with Gasteiger partial charge in [-0.15, -0.1) is 11.8 Å². The zero-order valence-corrected chi connectivity index (χ0v) is 9.48. The lowest BCUT2D eigenvalue weighted by Gasteiger charge is -2.04. The molecule has 0 atom stereocenters. The van der Waals surface area contributed by atoms with E-state index in [2.05, 4.69) is 22.9 Å². The molecule has 0 N–H and O–H groups in total. The van der Waals surface area contributed by atoms with Crippen molar-refractivity contribution in [3.05, 3.63) is 27.2 Å². The second kappa shape index (κ2) is 3.83. The van der Waals surface area contributed by atoms with Crippen LogP contribution in [0.3, 0.4) is 0 Å². The van der Waals surface area contributed by atoms with Crippen LogP contribution in [0.25, 0.3) is 0 Å². The van der Waals surface area contributed by atoms with Crippen LogP contribution in [0.2, 0.25) is 5.02 Å². The van der Waals surface area contributed by atoms with Gasteiger partial charge in [0, 0.05) is 14.4 Å². The van der Waals surface area contributed by atoms with E-state index in [1.54, 1.807) is 11.8 Å². The van der Waals surface area contributed by atoms with Crippen molar-refractivity contribution in [1.29, 1.82) is 0 Å². The number of benzene rings is 1. The molecule has 0 fully saturated rings. The molecule has 0 aromatic heterocycles. The fourth-order valence-electron chi connectivity index (χ4n) is 0.834. The largest absolute Gasteiger partial charge is 0.129 e. The van der Waals surface area contributed by atoms with Gasteiger partial charge in [0.2, 0.25) is 0 Å². The molecule has 1 aromatic rings. The standard InChI is InChI=1S/C8H8BrClS/c1-5-7(9)3-6(10)4-8(5)11-2/h3-4H,1-2H3. The first kappa shape index (κ1) is 9.43. The zero-order chi connectivity index (χ0) is 8.43. The second-order valence-corrected chi connectivity index (χ2v) is 4.35. The molecule has 0 amide bonds. The summed E-state index contributed by atoms with van der Waals surface area (Å²) in [7, 11) is 0. The van der Waals surface area contributed by atoms with Crippen molar-refractivity contribution in [3.63, 3.8) is 0 Å². The molecule has 0 nitrogen and oxygen atoms in total. The number of halogens is 2. The van der Waals surface area contributed by atoms with Gasteiger partial charge in [-0.05, 0) is 30.9 Å². The first-order valence-electron chi connectivity index (χ1n) is 3.15. The summed E-state index contributed by atoms with van der Waals surface area (Å²) < 4.78 is 1.08. The van der Waals surface area contributed by atoms with E-state index in [1.165, 1.54) is 10.5 Å². The summed E-state index contributed by atoms with van der Waals surface area (Å²) in [5.41, 5.74) is 1.25. The Morgan fingerprint density at radius 3 is 2.64 bits per heavy atom. The van der Waals surface area contributed by atoms with E-state index in [9.17, 15) is 0 Å². The predicted octanol–water partition coefficient (Wildman–Crippen LogP) is 4.13. The molecule has 0 saturated carbocycles. The Labute approximate surface area is 84.5 Å². The van der Waals surface area contributed by atoms with Crippen LogP contribution in [0.1, 0.15) is 5.56 Å². The molecule has 0 aliphatic carbocycles. The van der Waals surface area contributed by atoms with Gasteiger partial charge >= 0.3 is 0 Å². The maximum absolute atomic E-state index is 5.86. The van der Waals surface area contributed by atoms with Crippen molar-refractivity contribution >= 4 is 39.3 Å². The average molecular weight is 252 g/mol. The number of rotatable bonds is 1. The molecule has 0 bridgehead atoms. The third kappa shape index (κ3) is 2.14. The van der Waals surface area contributed by atoms with E-state index in [0.717, 1.165) is 9.50 Å². The summed E-state index contributed by atoms with van der Waals surface area (Å²) in [6.45, 7) is 2.08. The van der Waals surface area contributed by atoms with Crippen LogP contribution in [0, 0.1) is 6.92 Å². The normalized spacial score (nSPS) is 10.2. The monoisotopic (exact) mass is 250 g/mol. The Morgan fingerprint density at radius 2 is 2.09 bits per heavy atom. The highest BCUT2D eigenvalue weighted by Gasteiger charge is 2.02. The zero-order valence-electron chi connectivity index (χ0n) is 6.32. The van der Waals surface area contributed by atoms with Crippen LogP contribution in [-0.4, -0.2) is 6.26 Å². The minimum atomic E-state index is 0.784. The summed E-state index contributed by atoms with van der Waals surface area (Å²) in [6.07, 6.45) is 2.05. The maximum atomic E-state index is 5.86. The highest BCUT2D eigenvalue weighted by Crippen LogP contribution is 2.30. The molecular formula is C8H8BrClS. The molecule has 0 heterocycles. The third-order valence-electron chi connectivity index (χ3n) is 1.48. The Morgan fingerprint density at radius 1 is 1.45 bits per heavy atom. The van der Waals surface area contributed by atoms with Crippen LogP contribution >= 0.6 is 39.3 Å². The van der Waals surface area contributed by atoms with Gasteiger partial charge in [0.15, 0.2) is 0 Å². The quantitative estimate of drug-likeness (QED) is 0.676. The van der Waals surface area contributed by atoms with Crippen LogP contribution in [0.4, 0.5) is 0 Å². The van der Waals surface area contributed by atoms with E-state index < -0.39 is 0 Å². The second-order valence-electron chi connectivity index (χ2n) is 2.21. The van der Waals surface area contributed by atoms with E-state index in [4.69, 9.17) is 11.6 Å². The highest BCUT2D eigenvalue weighted by atomic mass is 79.9. The van der Waals surface area contributed by atoms with Crippen molar-refractivity contribution in [2.45, 2.75) is 11.8 Å². The first-order valence-corrected chi connectivity index (χ1v) is 5.54. The number of thioether (sulfide) groups is 1. The van der Waals surface area contributed by atoms with Gasteiger partial charge in [0.25, 0.3) is 0 Å². The van der Waals surface area contributed by atoms with Crippen LogP contribution in [-0.2, 0) is 0 Å². The van der Waals surface area contributed by atoms with Gasteiger partial charge < -0.3 is 0 Å². The first-order chi connectivity index (χ1) is 5.15. The van der Waals surface area contributed by atoms with Crippen molar-refractivity contribution in [3.8, 4) is 0 Å². The summed E-state index contributed by atoms with van der Waals surface area (Å²) in [5, 5.41) is 0.784. The fraction of sp³-hybridized carbons (Fsp3) is 0.250. The molecule has 60 valence electrons. The molecule has 0 unspecified atom stereocenters. The molecule has 0 aliphatic rings. The summed E-state index contributed by atoms with van der Waals surface area (Å²) in [5.74, 6) is 0. The molecule has 0 radical (unpaired) electrons. The van der Waals surface area contributed by atoms with Gasteiger partial charge in [0.1, 0.15) is 0 Å². The number of hydrogen-bond acceptors (Lipinski definition) is 1. The van der Waals surface area contributed by atoms with Gasteiger partial charge in [-0.2, -0.15) is 0 Å². The predicted molar refractivity (Wildman–Crippen MR) is 55.7 cm³/mol. The topological polar surface area (TPSA) is 0 Å². The van der Waals surface area contributed by atoms with E-state index in [0.29, 0.717) is 0 Å².